The molecule has 24 nitrogen and oxygen atoms in total. The molecule has 2 aromatic rings. The molecule has 0 unspecified atom stereocenters. The fourth-order valence-corrected chi connectivity index (χ4v) is 7.23. The zero-order chi connectivity index (χ0) is 51.4. The molecule has 0 fully saturated rings. The zero-order valence-electron chi connectivity index (χ0n) is 38.5. The van der Waals surface area contributed by atoms with Crippen molar-refractivity contribution in [1.82, 2.24) is 47.5 Å². The van der Waals surface area contributed by atoms with Gasteiger partial charge in [0.2, 0.25) is 53.2 Å². The fraction of sp³-hybridized carbons (Fsp3) is 0.548. The molecule has 1 aromatic heterocycles. The molecule has 15 N–H and O–H groups in total. The van der Waals surface area contributed by atoms with Gasteiger partial charge in [0.1, 0.15) is 48.3 Å². The van der Waals surface area contributed by atoms with Crippen molar-refractivity contribution in [2.45, 2.75) is 109 Å². The fourth-order valence-electron chi connectivity index (χ4n) is 6.50. The maximum atomic E-state index is 14.0. The second kappa shape index (κ2) is 28.0. The van der Waals surface area contributed by atoms with E-state index in [2.05, 4.69) is 60.1 Å². The average Bonchev–Trinajstić information content (AvgIpc) is 3.68. The maximum Gasteiger partial charge on any atom is 0.325 e. The van der Waals surface area contributed by atoms with Gasteiger partial charge in [0.05, 0.1) is 19.4 Å². The standard InChI is InChI=1S/C42H63N11O13S2/c1-19(2)33(53-41(64)34(20(3)4)52-35(58)25(11-12-68-6)47-31(55)16-43)40(63)50-27(14-30(44)54)37(60)49-28(15-32(56)57)38(61)48-26(13-22-17-45-24-10-8-7-9-23(22)24)36(59)51-29(18-67)39(62)46-21(5)42(65)66/h7-10,17,19-21,25-29,33-34,45,67H,11-16,18,43H2,1-6H3,(H2,44,54)(H,46,62)(H,47,55)(H,48,61)(H,49,60)(H,50,63)(H,51,59)(H,52,58)(H,53,64)(H,56,57)(H,65,66)/t21-,25-,26-,27-,28-,29-,33-,34-/m0/s1. The number of hydrogen-bond donors (Lipinski definition) is 14. The van der Waals surface area contributed by atoms with E-state index in [1.807, 2.05) is 0 Å². The molecule has 0 saturated carbocycles. The number of hydrogen-bond acceptors (Lipinski definition) is 14. The van der Waals surface area contributed by atoms with Crippen LogP contribution in [0.5, 0.6) is 0 Å². The first-order valence-corrected chi connectivity index (χ1v) is 23.5. The van der Waals surface area contributed by atoms with Crippen molar-refractivity contribution >= 4 is 100 Å². The predicted molar refractivity (Wildman–Crippen MR) is 252 cm³/mol. The molecular weight excluding hydrogens is 931 g/mol. The molecule has 68 heavy (non-hydrogen) atoms. The second-order valence-electron chi connectivity index (χ2n) is 16.4. The molecule has 0 bridgehead atoms. The zero-order valence-corrected chi connectivity index (χ0v) is 40.2. The maximum absolute atomic E-state index is 14.0. The van der Waals surface area contributed by atoms with Crippen LogP contribution in [0.3, 0.4) is 0 Å². The number of thiol groups is 1. The largest absolute Gasteiger partial charge is 0.481 e. The van der Waals surface area contributed by atoms with Crippen molar-refractivity contribution in [1.29, 1.82) is 0 Å². The minimum absolute atomic E-state index is 0.218. The highest BCUT2D eigenvalue weighted by Gasteiger charge is 2.37. The van der Waals surface area contributed by atoms with Crippen LogP contribution in [0.25, 0.3) is 10.9 Å². The number of nitrogens with two attached hydrogens (primary N) is 2. The Labute approximate surface area is 401 Å². The molecule has 0 aliphatic heterocycles. The third-order valence-electron chi connectivity index (χ3n) is 10.3. The Balaban J connectivity index is 2.41. The van der Waals surface area contributed by atoms with Crippen molar-refractivity contribution in [3.05, 3.63) is 36.0 Å². The van der Waals surface area contributed by atoms with Gasteiger partial charge in [-0.05, 0) is 48.8 Å². The van der Waals surface area contributed by atoms with E-state index in [9.17, 15) is 63.0 Å². The number of benzene rings is 1. The van der Waals surface area contributed by atoms with Gasteiger partial charge in [0.15, 0.2) is 0 Å². The van der Waals surface area contributed by atoms with E-state index in [0.29, 0.717) is 22.2 Å². The Hall–Kier alpha value is -6.41. The monoisotopic (exact) mass is 993 g/mol. The first kappa shape index (κ1) is 57.7. The van der Waals surface area contributed by atoms with Gasteiger partial charge in [-0.15, -0.1) is 0 Å². The predicted octanol–water partition coefficient (Wildman–Crippen LogP) is -3.00. The number of amides is 9. The summed E-state index contributed by atoms with van der Waals surface area (Å²) in [6.45, 7) is 7.17. The van der Waals surface area contributed by atoms with Crippen LogP contribution in [-0.2, 0) is 59.2 Å². The molecule has 8 atom stereocenters. The van der Waals surface area contributed by atoms with Crippen LogP contribution in [0.15, 0.2) is 30.5 Å². The number of carbonyl (C=O) groups excluding carboxylic acids is 9. The minimum Gasteiger partial charge on any atom is -0.481 e. The number of rotatable bonds is 29. The lowest BCUT2D eigenvalue weighted by Crippen LogP contribution is -2.62. The van der Waals surface area contributed by atoms with Gasteiger partial charge in [-0.25, -0.2) is 0 Å². The first-order valence-electron chi connectivity index (χ1n) is 21.4. The number of thioether (sulfide) groups is 1. The van der Waals surface area contributed by atoms with Crippen LogP contribution in [0, 0.1) is 11.8 Å². The molecule has 26 heteroatoms. The Kier molecular flexibility index (Phi) is 23.8. The summed E-state index contributed by atoms with van der Waals surface area (Å²) in [6, 6.07) is -4.86. The van der Waals surface area contributed by atoms with Gasteiger partial charge in [0.25, 0.3) is 0 Å². The molecule has 0 aliphatic carbocycles. The molecule has 0 aliphatic rings. The third kappa shape index (κ3) is 18.3. The summed E-state index contributed by atoms with van der Waals surface area (Å²) in [4.78, 5) is 146. The van der Waals surface area contributed by atoms with E-state index in [4.69, 9.17) is 11.5 Å². The van der Waals surface area contributed by atoms with Crippen LogP contribution < -0.4 is 54.0 Å². The highest BCUT2D eigenvalue weighted by molar-refractivity contribution is 7.98. The number of aromatic amines is 1. The molecule has 0 saturated heterocycles. The molecule has 0 radical (unpaired) electrons. The molecule has 0 spiro atoms. The summed E-state index contributed by atoms with van der Waals surface area (Å²) in [5.41, 5.74) is 12.0. The van der Waals surface area contributed by atoms with E-state index in [0.717, 1.165) is 0 Å². The van der Waals surface area contributed by atoms with Crippen molar-refractivity contribution in [2.75, 3.05) is 24.3 Å². The third-order valence-corrected chi connectivity index (χ3v) is 11.3. The van der Waals surface area contributed by atoms with E-state index < -0.39 is 138 Å². The number of carbonyl (C=O) groups is 11. The number of primary amides is 1. The Morgan fingerprint density at radius 3 is 1.66 bits per heavy atom. The molecule has 1 aromatic carbocycles. The van der Waals surface area contributed by atoms with Gasteiger partial charge in [-0.1, -0.05) is 45.9 Å². The lowest BCUT2D eigenvalue weighted by molar-refractivity contribution is -0.142. The van der Waals surface area contributed by atoms with E-state index in [1.165, 1.54) is 18.7 Å². The molecule has 1 heterocycles. The summed E-state index contributed by atoms with van der Waals surface area (Å²) in [5.74, 6) is -12.6. The topological polar surface area (TPSA) is 392 Å². The first-order chi connectivity index (χ1) is 31.9. The smallest absolute Gasteiger partial charge is 0.325 e. The van der Waals surface area contributed by atoms with E-state index in [1.54, 1.807) is 64.4 Å². The van der Waals surface area contributed by atoms with Crippen LogP contribution in [-0.4, -0.2) is 153 Å². The van der Waals surface area contributed by atoms with Gasteiger partial charge >= 0.3 is 11.9 Å². The normalized spacial score (nSPS) is 14.7. The number of aliphatic carboxylic acids is 2. The van der Waals surface area contributed by atoms with Gasteiger partial charge < -0.3 is 69.2 Å². The number of para-hydroxylation sites is 1. The highest BCUT2D eigenvalue weighted by Crippen LogP contribution is 2.20. The summed E-state index contributed by atoms with van der Waals surface area (Å²) in [5, 5.41) is 39.0. The minimum atomic E-state index is -1.96. The van der Waals surface area contributed by atoms with Crippen LogP contribution >= 0.6 is 24.4 Å². The SMILES string of the molecule is CSCC[C@H](NC(=O)CN)C(=O)N[C@H](C(=O)N[C@H](C(=O)N[C@@H](CC(N)=O)C(=O)N[C@@H](CC(=O)O)C(=O)N[C@@H](Cc1c[nH]c2ccccc12)C(=O)N[C@@H](CS)C(=O)N[C@@H](C)C(=O)O)C(C)C)C(C)C. The summed E-state index contributed by atoms with van der Waals surface area (Å²) < 4.78 is 0. The Bertz CT molecular complexity index is 2150. The second-order valence-corrected chi connectivity index (χ2v) is 17.7. The quantitative estimate of drug-likeness (QED) is 0.0361. The molecule has 2 rings (SSSR count). The summed E-state index contributed by atoms with van der Waals surface area (Å²) in [7, 11) is 0. The molecular formula is C42H63N11O13S2. The van der Waals surface area contributed by atoms with Crippen molar-refractivity contribution in [3.8, 4) is 0 Å². The van der Waals surface area contributed by atoms with Crippen molar-refractivity contribution in [2.24, 2.45) is 23.3 Å². The number of carboxylic acids is 2. The number of carboxylic acid groups (broad SMARTS) is 2. The van der Waals surface area contributed by atoms with E-state index in [-0.39, 0.29) is 25.1 Å². The Morgan fingerprint density at radius 2 is 1.13 bits per heavy atom. The summed E-state index contributed by atoms with van der Waals surface area (Å²) in [6.07, 6.45) is 1.38. The van der Waals surface area contributed by atoms with Crippen LogP contribution in [0.4, 0.5) is 0 Å². The van der Waals surface area contributed by atoms with Gasteiger partial charge in [-0.2, -0.15) is 24.4 Å². The van der Waals surface area contributed by atoms with Crippen LogP contribution in [0.2, 0.25) is 0 Å². The van der Waals surface area contributed by atoms with Crippen LogP contribution in [0.1, 0.15) is 59.4 Å². The highest BCUT2D eigenvalue weighted by atomic mass is 32.2. The lowest BCUT2D eigenvalue weighted by atomic mass is 9.98. The van der Waals surface area contributed by atoms with Gasteiger partial charge in [0, 0.05) is 29.3 Å². The van der Waals surface area contributed by atoms with Crippen molar-refractivity contribution < 1.29 is 63.0 Å². The number of aromatic nitrogens is 1. The molecule has 9 amide bonds. The number of nitrogens with one attached hydrogen (secondary N) is 9. The average molecular weight is 994 g/mol. The Morgan fingerprint density at radius 1 is 0.647 bits per heavy atom. The lowest BCUT2D eigenvalue weighted by Gasteiger charge is -2.29. The molecule has 376 valence electrons. The van der Waals surface area contributed by atoms with Crippen molar-refractivity contribution in [3.63, 3.8) is 0 Å². The number of fused-ring (bicyclic) bond motifs is 1. The van der Waals surface area contributed by atoms with E-state index >= 15 is 0 Å². The number of H-pyrrole nitrogens is 1. The summed E-state index contributed by atoms with van der Waals surface area (Å²) >= 11 is 5.53. The van der Waals surface area contributed by atoms with Gasteiger partial charge in [-0.3, -0.25) is 52.7 Å².